The minimum absolute atomic E-state index is 0.728. The second-order valence-corrected chi connectivity index (χ2v) is 2.61. The summed E-state index contributed by atoms with van der Waals surface area (Å²) in [7, 11) is 1.94. The Kier molecular flexibility index (Phi) is 3.61. The highest BCUT2D eigenvalue weighted by Gasteiger charge is 1.92. The van der Waals surface area contributed by atoms with Crippen molar-refractivity contribution in [3.8, 4) is 5.75 Å². The number of rotatable bonds is 4. The molecule has 1 N–H and O–H groups in total. The molecule has 0 unspecified atom stereocenters. The largest absolute Gasteiger partial charge is 0.494 e. The lowest BCUT2D eigenvalue weighted by Crippen LogP contribution is -2.04. The molecule has 0 atom stereocenters. The molecule has 2 heteroatoms. The van der Waals surface area contributed by atoms with Gasteiger partial charge in [-0.2, -0.15) is 0 Å². The van der Waals surface area contributed by atoms with Crippen LogP contribution in [-0.4, -0.2) is 13.7 Å². The van der Waals surface area contributed by atoms with E-state index in [1.807, 2.05) is 26.1 Å². The fraction of sp³-hybridized carbons (Fsp3) is 0.400. The second-order valence-electron chi connectivity index (χ2n) is 2.61. The maximum atomic E-state index is 5.32. The standard InChI is InChI=1S/C10H15NO/c1-3-12-10-6-4-9(5-7-10)8-11-2/h4-7,11H,3,8H2,1-2H3. The fourth-order valence-electron chi connectivity index (χ4n) is 1.07. The minimum Gasteiger partial charge on any atom is -0.494 e. The third kappa shape index (κ3) is 2.55. The van der Waals surface area contributed by atoms with Crippen LogP contribution in [0.25, 0.3) is 0 Å². The molecule has 1 aromatic rings. The summed E-state index contributed by atoms with van der Waals surface area (Å²) in [4.78, 5) is 0. The third-order valence-corrected chi connectivity index (χ3v) is 1.62. The summed E-state index contributed by atoms with van der Waals surface area (Å²) in [6, 6.07) is 8.13. The molecule has 0 radical (unpaired) electrons. The van der Waals surface area contributed by atoms with E-state index in [9.17, 15) is 0 Å². The van der Waals surface area contributed by atoms with E-state index in [1.165, 1.54) is 5.56 Å². The second kappa shape index (κ2) is 4.78. The van der Waals surface area contributed by atoms with Gasteiger partial charge in [-0.05, 0) is 31.7 Å². The lowest BCUT2D eigenvalue weighted by atomic mass is 10.2. The van der Waals surface area contributed by atoms with Crippen molar-refractivity contribution in [3.63, 3.8) is 0 Å². The van der Waals surface area contributed by atoms with Gasteiger partial charge >= 0.3 is 0 Å². The number of nitrogens with one attached hydrogen (secondary N) is 1. The van der Waals surface area contributed by atoms with Crippen LogP contribution in [0.1, 0.15) is 12.5 Å². The Morgan fingerprint density at radius 1 is 1.25 bits per heavy atom. The molecule has 0 aromatic heterocycles. The molecule has 0 aliphatic heterocycles. The summed E-state index contributed by atoms with van der Waals surface area (Å²) in [6.07, 6.45) is 0. The Hall–Kier alpha value is -1.02. The molecule has 0 spiro atoms. The summed E-state index contributed by atoms with van der Waals surface area (Å²) >= 11 is 0. The number of benzene rings is 1. The Bertz CT molecular complexity index is 193. The van der Waals surface area contributed by atoms with Gasteiger partial charge in [0.25, 0.3) is 0 Å². The van der Waals surface area contributed by atoms with Crippen LogP contribution < -0.4 is 10.1 Å². The molecule has 1 rings (SSSR count). The zero-order valence-corrected chi connectivity index (χ0v) is 7.63. The first kappa shape index (κ1) is 9.07. The minimum atomic E-state index is 0.728. The molecule has 12 heavy (non-hydrogen) atoms. The highest BCUT2D eigenvalue weighted by atomic mass is 16.5. The van der Waals surface area contributed by atoms with E-state index < -0.39 is 0 Å². The summed E-state index contributed by atoms with van der Waals surface area (Å²) in [6.45, 7) is 3.62. The van der Waals surface area contributed by atoms with Crippen LogP contribution in [0.4, 0.5) is 0 Å². The summed E-state index contributed by atoms with van der Waals surface area (Å²) in [5.74, 6) is 0.942. The van der Waals surface area contributed by atoms with Crippen molar-refractivity contribution in [2.45, 2.75) is 13.5 Å². The van der Waals surface area contributed by atoms with E-state index in [0.29, 0.717) is 0 Å². The van der Waals surface area contributed by atoms with Gasteiger partial charge in [0.2, 0.25) is 0 Å². The van der Waals surface area contributed by atoms with Crippen LogP contribution in [0.5, 0.6) is 5.75 Å². The quantitative estimate of drug-likeness (QED) is 0.734. The zero-order chi connectivity index (χ0) is 8.81. The summed E-state index contributed by atoms with van der Waals surface area (Å²) < 4.78 is 5.32. The van der Waals surface area contributed by atoms with Gasteiger partial charge in [0.1, 0.15) is 5.75 Å². The molecule has 0 bridgehead atoms. The van der Waals surface area contributed by atoms with Crippen LogP contribution in [0, 0.1) is 0 Å². The van der Waals surface area contributed by atoms with Gasteiger partial charge in [-0.1, -0.05) is 12.1 Å². The highest BCUT2D eigenvalue weighted by Crippen LogP contribution is 2.11. The van der Waals surface area contributed by atoms with Crippen molar-refractivity contribution >= 4 is 0 Å². The monoisotopic (exact) mass is 165 g/mol. The number of hydrogen-bond acceptors (Lipinski definition) is 2. The molecule has 0 heterocycles. The fourth-order valence-corrected chi connectivity index (χ4v) is 1.07. The SMILES string of the molecule is CCOc1ccc(CNC)cc1. The van der Waals surface area contributed by atoms with Gasteiger partial charge in [0.05, 0.1) is 6.61 Å². The molecule has 66 valence electrons. The van der Waals surface area contributed by atoms with Crippen LogP contribution in [0.15, 0.2) is 24.3 Å². The molecule has 0 aliphatic carbocycles. The van der Waals surface area contributed by atoms with Crippen LogP contribution in [-0.2, 0) is 6.54 Å². The summed E-state index contributed by atoms with van der Waals surface area (Å²) in [5, 5.41) is 3.09. The Morgan fingerprint density at radius 2 is 1.92 bits per heavy atom. The smallest absolute Gasteiger partial charge is 0.119 e. The number of ether oxygens (including phenoxy) is 1. The molecule has 1 aromatic carbocycles. The van der Waals surface area contributed by atoms with E-state index in [2.05, 4.69) is 17.4 Å². The average Bonchev–Trinajstić information content (AvgIpc) is 2.09. The van der Waals surface area contributed by atoms with Gasteiger partial charge in [0.15, 0.2) is 0 Å². The van der Waals surface area contributed by atoms with Crippen molar-refractivity contribution in [1.29, 1.82) is 0 Å². The Morgan fingerprint density at radius 3 is 2.42 bits per heavy atom. The van der Waals surface area contributed by atoms with Crippen LogP contribution >= 0.6 is 0 Å². The first-order valence-corrected chi connectivity index (χ1v) is 4.23. The third-order valence-electron chi connectivity index (χ3n) is 1.62. The van der Waals surface area contributed by atoms with Crippen molar-refractivity contribution < 1.29 is 4.74 Å². The molecular formula is C10H15NO. The van der Waals surface area contributed by atoms with Gasteiger partial charge < -0.3 is 10.1 Å². The average molecular weight is 165 g/mol. The molecule has 0 saturated carbocycles. The Balaban J connectivity index is 2.58. The van der Waals surface area contributed by atoms with Gasteiger partial charge in [0, 0.05) is 6.54 Å². The predicted octanol–water partition coefficient (Wildman–Crippen LogP) is 1.80. The van der Waals surface area contributed by atoms with E-state index in [0.717, 1.165) is 18.9 Å². The van der Waals surface area contributed by atoms with Gasteiger partial charge in [-0.25, -0.2) is 0 Å². The molecule has 0 amide bonds. The number of hydrogen-bond donors (Lipinski definition) is 1. The first-order chi connectivity index (χ1) is 5.86. The molecule has 0 aliphatic rings. The molecule has 0 saturated heterocycles. The van der Waals surface area contributed by atoms with Crippen molar-refractivity contribution in [3.05, 3.63) is 29.8 Å². The van der Waals surface area contributed by atoms with Crippen molar-refractivity contribution in [2.75, 3.05) is 13.7 Å². The lowest BCUT2D eigenvalue weighted by molar-refractivity contribution is 0.340. The highest BCUT2D eigenvalue weighted by molar-refractivity contribution is 5.27. The maximum Gasteiger partial charge on any atom is 0.119 e. The van der Waals surface area contributed by atoms with Gasteiger partial charge in [-0.3, -0.25) is 0 Å². The van der Waals surface area contributed by atoms with Crippen LogP contribution in [0.3, 0.4) is 0 Å². The lowest BCUT2D eigenvalue weighted by Gasteiger charge is -2.03. The zero-order valence-electron chi connectivity index (χ0n) is 7.63. The van der Waals surface area contributed by atoms with E-state index in [4.69, 9.17) is 4.74 Å². The van der Waals surface area contributed by atoms with Crippen LogP contribution in [0.2, 0.25) is 0 Å². The Labute approximate surface area is 73.6 Å². The predicted molar refractivity (Wildman–Crippen MR) is 50.4 cm³/mol. The van der Waals surface area contributed by atoms with Crippen molar-refractivity contribution in [2.24, 2.45) is 0 Å². The van der Waals surface area contributed by atoms with E-state index in [1.54, 1.807) is 0 Å². The van der Waals surface area contributed by atoms with E-state index in [-0.39, 0.29) is 0 Å². The molecule has 2 nitrogen and oxygen atoms in total. The summed E-state index contributed by atoms with van der Waals surface area (Å²) in [5.41, 5.74) is 1.28. The molecule has 0 fully saturated rings. The molecular weight excluding hydrogens is 150 g/mol. The van der Waals surface area contributed by atoms with E-state index >= 15 is 0 Å². The van der Waals surface area contributed by atoms with Crippen molar-refractivity contribution in [1.82, 2.24) is 5.32 Å². The normalized spacial score (nSPS) is 9.83. The topological polar surface area (TPSA) is 21.3 Å². The maximum absolute atomic E-state index is 5.32. The first-order valence-electron chi connectivity index (χ1n) is 4.23. The van der Waals surface area contributed by atoms with Gasteiger partial charge in [-0.15, -0.1) is 0 Å².